The number of hydrogen-bond acceptors (Lipinski definition) is 3. The van der Waals surface area contributed by atoms with E-state index in [1.807, 2.05) is 0 Å². The Morgan fingerprint density at radius 1 is 1.33 bits per heavy atom. The number of halogens is 1. The summed E-state index contributed by atoms with van der Waals surface area (Å²) in [6.07, 6.45) is 1.51. The molecule has 5 heteroatoms. The molecule has 0 radical (unpaired) electrons. The maximum atomic E-state index is 11.3. The van der Waals surface area contributed by atoms with Crippen LogP contribution < -0.4 is 0 Å². The minimum Gasteiger partial charge on any atom is -0.212 e. The van der Waals surface area contributed by atoms with Gasteiger partial charge in [0.05, 0.1) is 9.92 Å². The minimum absolute atomic E-state index is 0.180. The van der Waals surface area contributed by atoms with E-state index in [1.54, 1.807) is 18.2 Å². The Labute approximate surface area is 80.2 Å². The molecule has 0 heterocycles. The zero-order chi connectivity index (χ0) is 9.19. The molecule has 0 N–H and O–H groups in total. The first-order valence-electron chi connectivity index (χ1n) is 3.13. The first-order chi connectivity index (χ1) is 5.58. The molecule has 0 bridgehead atoms. The van der Waals surface area contributed by atoms with Crippen LogP contribution in [0.5, 0.6) is 0 Å². The molecule has 0 aromatic heterocycles. The van der Waals surface area contributed by atoms with Crippen molar-refractivity contribution in [3.8, 4) is 0 Å². The van der Waals surface area contributed by atoms with Gasteiger partial charge < -0.3 is 0 Å². The standard InChI is InChI=1S/C7H7ClO2S2/c1-11-12(9,10)7-5-3-2-4-6(7)8/h2-5H,1H3. The molecule has 0 saturated carbocycles. The maximum absolute atomic E-state index is 11.3. The van der Waals surface area contributed by atoms with Crippen LogP contribution in [0.1, 0.15) is 0 Å². The van der Waals surface area contributed by atoms with E-state index >= 15 is 0 Å². The smallest absolute Gasteiger partial charge is 0.212 e. The lowest BCUT2D eigenvalue weighted by molar-refractivity contribution is 0.610. The molecule has 0 amide bonds. The first-order valence-corrected chi connectivity index (χ1v) is 6.73. The van der Waals surface area contributed by atoms with E-state index in [-0.39, 0.29) is 9.92 Å². The molecule has 1 aromatic rings. The first kappa shape index (κ1) is 9.89. The molecule has 0 saturated heterocycles. The molecular formula is C7H7ClO2S2. The van der Waals surface area contributed by atoms with Crippen molar-refractivity contribution in [2.45, 2.75) is 4.90 Å². The topological polar surface area (TPSA) is 34.1 Å². The van der Waals surface area contributed by atoms with Crippen LogP contribution in [0.25, 0.3) is 0 Å². The summed E-state index contributed by atoms with van der Waals surface area (Å²) in [6.45, 7) is 0. The molecule has 0 aliphatic heterocycles. The van der Waals surface area contributed by atoms with Gasteiger partial charge in [-0.3, -0.25) is 0 Å². The molecule has 1 aromatic carbocycles. The van der Waals surface area contributed by atoms with Gasteiger partial charge in [0.2, 0.25) is 8.87 Å². The summed E-state index contributed by atoms with van der Waals surface area (Å²) < 4.78 is 22.6. The summed E-state index contributed by atoms with van der Waals surface area (Å²) in [6, 6.07) is 6.40. The Morgan fingerprint density at radius 3 is 2.42 bits per heavy atom. The highest BCUT2D eigenvalue weighted by atomic mass is 35.5. The summed E-state index contributed by atoms with van der Waals surface area (Å²) in [5, 5.41) is 0.270. The van der Waals surface area contributed by atoms with Crippen molar-refractivity contribution in [2.24, 2.45) is 0 Å². The molecule has 1 rings (SSSR count). The third-order valence-corrected chi connectivity index (χ3v) is 4.96. The van der Waals surface area contributed by atoms with Gasteiger partial charge in [-0.25, -0.2) is 8.42 Å². The lowest BCUT2D eigenvalue weighted by Gasteiger charge is -2.01. The normalized spacial score (nSPS) is 11.5. The predicted molar refractivity (Wildman–Crippen MR) is 52.2 cm³/mol. The fourth-order valence-corrected chi connectivity index (χ4v) is 3.02. The number of rotatable bonds is 2. The molecule has 66 valence electrons. The molecule has 12 heavy (non-hydrogen) atoms. The average molecular weight is 223 g/mol. The SMILES string of the molecule is CSS(=O)(=O)c1ccccc1Cl. The second-order valence-corrected chi connectivity index (χ2v) is 6.46. The molecule has 0 spiro atoms. The lowest BCUT2D eigenvalue weighted by atomic mass is 10.4. The van der Waals surface area contributed by atoms with E-state index in [9.17, 15) is 8.42 Å². The highest BCUT2D eigenvalue weighted by Crippen LogP contribution is 2.27. The van der Waals surface area contributed by atoms with Crippen LogP contribution in [-0.2, 0) is 8.87 Å². The van der Waals surface area contributed by atoms with Crippen LogP contribution in [0, 0.1) is 0 Å². The van der Waals surface area contributed by atoms with Gasteiger partial charge in [0.25, 0.3) is 0 Å². The van der Waals surface area contributed by atoms with Crippen molar-refractivity contribution in [1.82, 2.24) is 0 Å². The van der Waals surface area contributed by atoms with Gasteiger partial charge in [-0.05, 0) is 29.2 Å². The van der Waals surface area contributed by atoms with Crippen molar-refractivity contribution < 1.29 is 8.42 Å². The third kappa shape index (κ3) is 1.94. The highest BCUT2D eigenvalue weighted by molar-refractivity contribution is 8.71. The highest BCUT2D eigenvalue weighted by Gasteiger charge is 2.15. The van der Waals surface area contributed by atoms with Crippen molar-refractivity contribution in [1.29, 1.82) is 0 Å². The van der Waals surface area contributed by atoms with Gasteiger partial charge in [-0.15, -0.1) is 0 Å². The van der Waals surface area contributed by atoms with Crippen LogP contribution in [0.4, 0.5) is 0 Å². The van der Waals surface area contributed by atoms with E-state index < -0.39 is 8.87 Å². The summed E-state index contributed by atoms with van der Waals surface area (Å²) in [4.78, 5) is 0.180. The Morgan fingerprint density at radius 2 is 1.92 bits per heavy atom. The quantitative estimate of drug-likeness (QED) is 0.721. The number of hydrogen-bond donors (Lipinski definition) is 0. The average Bonchev–Trinajstić information content (AvgIpc) is 2.05. The van der Waals surface area contributed by atoms with Gasteiger partial charge >= 0.3 is 0 Å². The second kappa shape index (κ2) is 3.68. The van der Waals surface area contributed by atoms with Crippen LogP contribution >= 0.6 is 22.4 Å². The monoisotopic (exact) mass is 222 g/mol. The molecule has 0 aliphatic rings. The second-order valence-electron chi connectivity index (χ2n) is 2.05. The molecule has 0 unspecified atom stereocenters. The van der Waals surface area contributed by atoms with E-state index in [1.165, 1.54) is 12.3 Å². The van der Waals surface area contributed by atoms with Crippen LogP contribution in [-0.4, -0.2) is 14.7 Å². The minimum atomic E-state index is -3.24. The van der Waals surface area contributed by atoms with E-state index in [0.717, 1.165) is 10.8 Å². The number of benzene rings is 1. The Hall–Kier alpha value is -0.190. The molecular weight excluding hydrogens is 216 g/mol. The predicted octanol–water partition coefficient (Wildman–Crippen LogP) is 2.39. The third-order valence-electron chi connectivity index (χ3n) is 1.33. The summed E-state index contributed by atoms with van der Waals surface area (Å²) in [5.74, 6) is 0. The Balaban J connectivity index is 3.30. The molecule has 0 aliphatic carbocycles. The molecule has 2 nitrogen and oxygen atoms in total. The lowest BCUT2D eigenvalue weighted by Crippen LogP contribution is -1.94. The Bertz CT molecular complexity index is 373. The molecule has 0 fully saturated rings. The summed E-state index contributed by atoms with van der Waals surface area (Å²) >= 11 is 5.70. The van der Waals surface area contributed by atoms with E-state index in [2.05, 4.69) is 0 Å². The van der Waals surface area contributed by atoms with Gasteiger partial charge in [-0.2, -0.15) is 0 Å². The van der Waals surface area contributed by atoms with E-state index in [4.69, 9.17) is 11.6 Å². The van der Waals surface area contributed by atoms with Crippen molar-refractivity contribution in [3.63, 3.8) is 0 Å². The van der Waals surface area contributed by atoms with Gasteiger partial charge in [-0.1, -0.05) is 23.7 Å². The fourth-order valence-electron chi connectivity index (χ4n) is 0.737. The van der Waals surface area contributed by atoms with Gasteiger partial charge in [0.15, 0.2) is 0 Å². The zero-order valence-electron chi connectivity index (χ0n) is 6.32. The largest absolute Gasteiger partial charge is 0.231 e. The van der Waals surface area contributed by atoms with Crippen LogP contribution in [0.15, 0.2) is 29.2 Å². The summed E-state index contributed by atoms with van der Waals surface area (Å²) in [5.41, 5.74) is 0. The van der Waals surface area contributed by atoms with Crippen molar-refractivity contribution >= 4 is 31.3 Å². The fraction of sp³-hybridized carbons (Fsp3) is 0.143. The molecule has 0 atom stereocenters. The van der Waals surface area contributed by atoms with Gasteiger partial charge in [0, 0.05) is 0 Å². The van der Waals surface area contributed by atoms with E-state index in [0.29, 0.717) is 0 Å². The zero-order valence-corrected chi connectivity index (χ0v) is 8.71. The van der Waals surface area contributed by atoms with Crippen molar-refractivity contribution in [2.75, 3.05) is 6.26 Å². The summed E-state index contributed by atoms with van der Waals surface area (Å²) in [7, 11) is -2.46. The van der Waals surface area contributed by atoms with Crippen LogP contribution in [0.2, 0.25) is 5.02 Å². The maximum Gasteiger partial charge on any atom is 0.231 e. The van der Waals surface area contributed by atoms with Crippen molar-refractivity contribution in [3.05, 3.63) is 29.3 Å². The van der Waals surface area contributed by atoms with Gasteiger partial charge in [0.1, 0.15) is 0 Å². The Kier molecular flexibility index (Phi) is 3.04. The van der Waals surface area contributed by atoms with Crippen LogP contribution in [0.3, 0.4) is 0 Å².